The summed E-state index contributed by atoms with van der Waals surface area (Å²) in [6, 6.07) is 10.5. The zero-order valence-electron chi connectivity index (χ0n) is 15.1. The highest BCUT2D eigenvalue weighted by Crippen LogP contribution is 2.18. The van der Waals surface area contributed by atoms with Gasteiger partial charge < -0.3 is 15.5 Å². The van der Waals surface area contributed by atoms with Crippen LogP contribution in [0.5, 0.6) is 0 Å². The summed E-state index contributed by atoms with van der Waals surface area (Å²) in [6.45, 7) is 7.77. The number of nitrogens with zero attached hydrogens (tertiary/aromatic N) is 4. The lowest BCUT2D eigenvalue weighted by Crippen LogP contribution is -2.41. The lowest BCUT2D eigenvalue weighted by molar-refractivity contribution is 0.682. The van der Waals surface area contributed by atoms with Crippen molar-refractivity contribution >= 4 is 11.6 Å². The number of para-hydroxylation sites is 1. The molecular formula is C18H28N6. The van der Waals surface area contributed by atoms with E-state index >= 15 is 0 Å². The van der Waals surface area contributed by atoms with E-state index in [-0.39, 0.29) is 0 Å². The van der Waals surface area contributed by atoms with Crippen LogP contribution in [0.15, 0.2) is 41.5 Å². The summed E-state index contributed by atoms with van der Waals surface area (Å²) in [6.07, 6.45) is 1.80. The Kier molecular flexibility index (Phi) is 6.66. The number of aliphatic imine (C=N–C) groups is 1. The molecule has 0 fully saturated rings. The molecule has 1 heterocycles. The van der Waals surface area contributed by atoms with Gasteiger partial charge in [-0.1, -0.05) is 18.2 Å². The van der Waals surface area contributed by atoms with Gasteiger partial charge >= 0.3 is 0 Å². The van der Waals surface area contributed by atoms with Gasteiger partial charge in [0.1, 0.15) is 0 Å². The first-order valence-electron chi connectivity index (χ1n) is 8.37. The molecule has 0 saturated heterocycles. The number of anilines is 1. The molecule has 0 bridgehead atoms. The molecule has 6 heteroatoms. The molecule has 0 amide bonds. The summed E-state index contributed by atoms with van der Waals surface area (Å²) >= 11 is 0. The standard InChI is InChI=1S/C18H28N6/c1-5-24(17-9-7-6-8-15(17)2)13-12-20-18(19-3)21-14-16-10-11-22-23(16)4/h6-11H,5,12-14H2,1-4H3,(H2,19,20,21). The maximum atomic E-state index is 4.28. The third-order valence-corrected chi connectivity index (χ3v) is 4.10. The number of nitrogens with one attached hydrogen (secondary N) is 2. The number of hydrogen-bond donors (Lipinski definition) is 2. The molecule has 2 rings (SSSR count). The normalized spacial score (nSPS) is 11.4. The summed E-state index contributed by atoms with van der Waals surface area (Å²) in [5, 5.41) is 10.9. The van der Waals surface area contributed by atoms with E-state index < -0.39 is 0 Å². The van der Waals surface area contributed by atoms with Crippen molar-refractivity contribution in [3.63, 3.8) is 0 Å². The third kappa shape index (κ3) is 4.75. The topological polar surface area (TPSA) is 57.5 Å². The van der Waals surface area contributed by atoms with Crippen LogP contribution in [0.1, 0.15) is 18.2 Å². The predicted molar refractivity (Wildman–Crippen MR) is 100 cm³/mol. The van der Waals surface area contributed by atoms with Crippen molar-refractivity contribution in [1.82, 2.24) is 20.4 Å². The first-order chi connectivity index (χ1) is 11.7. The molecule has 0 radical (unpaired) electrons. The van der Waals surface area contributed by atoms with Crippen LogP contribution in [-0.4, -0.2) is 42.4 Å². The summed E-state index contributed by atoms with van der Waals surface area (Å²) in [4.78, 5) is 6.65. The van der Waals surface area contributed by atoms with E-state index in [0.717, 1.165) is 31.3 Å². The second kappa shape index (κ2) is 8.96. The summed E-state index contributed by atoms with van der Waals surface area (Å²) in [5.74, 6) is 0.803. The first kappa shape index (κ1) is 17.8. The minimum Gasteiger partial charge on any atom is -0.370 e. The quantitative estimate of drug-likeness (QED) is 0.602. The van der Waals surface area contributed by atoms with Crippen molar-refractivity contribution < 1.29 is 0 Å². The van der Waals surface area contributed by atoms with Crippen molar-refractivity contribution in [3.8, 4) is 0 Å². The second-order valence-corrected chi connectivity index (χ2v) is 5.66. The summed E-state index contributed by atoms with van der Waals surface area (Å²) in [5.41, 5.74) is 3.71. The van der Waals surface area contributed by atoms with Crippen molar-refractivity contribution in [2.45, 2.75) is 20.4 Å². The SMILES string of the molecule is CCN(CCNC(=NC)NCc1ccnn1C)c1ccccc1C. The minimum absolute atomic E-state index is 0.700. The Balaban J connectivity index is 1.82. The number of benzene rings is 1. The molecule has 0 aliphatic rings. The largest absolute Gasteiger partial charge is 0.370 e. The van der Waals surface area contributed by atoms with Crippen molar-refractivity contribution in [2.24, 2.45) is 12.0 Å². The zero-order chi connectivity index (χ0) is 17.4. The van der Waals surface area contributed by atoms with Gasteiger partial charge in [-0.05, 0) is 31.5 Å². The minimum atomic E-state index is 0.700. The summed E-state index contributed by atoms with van der Waals surface area (Å²) in [7, 11) is 3.73. The van der Waals surface area contributed by atoms with Crippen LogP contribution in [0.3, 0.4) is 0 Å². The van der Waals surface area contributed by atoms with E-state index in [4.69, 9.17) is 0 Å². The van der Waals surface area contributed by atoms with Gasteiger partial charge in [0.05, 0.1) is 12.2 Å². The lowest BCUT2D eigenvalue weighted by Gasteiger charge is -2.25. The number of hydrogen-bond acceptors (Lipinski definition) is 3. The number of guanidine groups is 1. The average molecular weight is 328 g/mol. The fraction of sp³-hybridized carbons (Fsp3) is 0.444. The molecule has 130 valence electrons. The summed E-state index contributed by atoms with van der Waals surface area (Å²) < 4.78 is 1.86. The molecule has 0 aliphatic heterocycles. The maximum Gasteiger partial charge on any atom is 0.191 e. The first-order valence-corrected chi connectivity index (χ1v) is 8.37. The van der Waals surface area contributed by atoms with Crippen LogP contribution in [0.4, 0.5) is 5.69 Å². The van der Waals surface area contributed by atoms with Crippen LogP contribution < -0.4 is 15.5 Å². The Labute approximate surface area is 144 Å². The van der Waals surface area contributed by atoms with Gasteiger partial charge in [-0.2, -0.15) is 5.10 Å². The molecule has 2 N–H and O–H groups in total. The van der Waals surface area contributed by atoms with E-state index in [2.05, 4.69) is 63.7 Å². The number of aryl methyl sites for hydroxylation is 2. The van der Waals surface area contributed by atoms with E-state index in [1.54, 1.807) is 13.2 Å². The highest BCUT2D eigenvalue weighted by atomic mass is 15.3. The highest BCUT2D eigenvalue weighted by Gasteiger charge is 2.07. The molecule has 1 aromatic carbocycles. The van der Waals surface area contributed by atoms with Crippen molar-refractivity contribution in [3.05, 3.63) is 47.8 Å². The lowest BCUT2D eigenvalue weighted by atomic mass is 10.2. The van der Waals surface area contributed by atoms with Crippen molar-refractivity contribution in [1.29, 1.82) is 0 Å². The molecule has 2 aromatic rings. The zero-order valence-corrected chi connectivity index (χ0v) is 15.1. The smallest absolute Gasteiger partial charge is 0.191 e. The van der Waals surface area contributed by atoms with Crippen LogP contribution >= 0.6 is 0 Å². The van der Waals surface area contributed by atoms with Gasteiger partial charge in [-0.3, -0.25) is 9.67 Å². The number of likely N-dealkylation sites (N-methyl/N-ethyl adjacent to an activating group) is 1. The predicted octanol–water partition coefficient (Wildman–Crippen LogP) is 1.92. The van der Waals surface area contributed by atoms with Crippen LogP contribution in [0, 0.1) is 6.92 Å². The Hall–Kier alpha value is -2.50. The molecule has 0 spiro atoms. The van der Waals surface area contributed by atoms with E-state index in [9.17, 15) is 0 Å². The van der Waals surface area contributed by atoms with Gasteiger partial charge in [-0.15, -0.1) is 0 Å². The molecule has 6 nitrogen and oxygen atoms in total. The van der Waals surface area contributed by atoms with E-state index in [1.807, 2.05) is 17.8 Å². The van der Waals surface area contributed by atoms with E-state index in [0.29, 0.717) is 6.54 Å². The van der Waals surface area contributed by atoms with Crippen LogP contribution in [-0.2, 0) is 13.6 Å². The van der Waals surface area contributed by atoms with Gasteiger partial charge in [-0.25, -0.2) is 0 Å². The fourth-order valence-electron chi connectivity index (χ4n) is 2.65. The highest BCUT2D eigenvalue weighted by molar-refractivity contribution is 5.79. The molecular weight excluding hydrogens is 300 g/mol. The monoisotopic (exact) mass is 328 g/mol. The molecule has 0 atom stereocenters. The molecule has 0 unspecified atom stereocenters. The second-order valence-electron chi connectivity index (χ2n) is 5.66. The average Bonchev–Trinajstić information content (AvgIpc) is 3.00. The molecule has 24 heavy (non-hydrogen) atoms. The van der Waals surface area contributed by atoms with Gasteiger partial charge in [0.25, 0.3) is 0 Å². The Morgan fingerprint density at radius 2 is 2.04 bits per heavy atom. The maximum absolute atomic E-state index is 4.28. The molecule has 1 aromatic heterocycles. The van der Waals surface area contributed by atoms with Gasteiger partial charge in [0.2, 0.25) is 0 Å². The number of rotatable bonds is 7. The van der Waals surface area contributed by atoms with Gasteiger partial charge in [0, 0.05) is 45.6 Å². The Bertz CT molecular complexity index is 661. The van der Waals surface area contributed by atoms with Crippen molar-refractivity contribution in [2.75, 3.05) is 31.6 Å². The number of aromatic nitrogens is 2. The fourth-order valence-corrected chi connectivity index (χ4v) is 2.65. The molecule has 0 aliphatic carbocycles. The van der Waals surface area contributed by atoms with Crippen LogP contribution in [0.2, 0.25) is 0 Å². The van der Waals surface area contributed by atoms with E-state index in [1.165, 1.54) is 11.3 Å². The van der Waals surface area contributed by atoms with Crippen LogP contribution in [0.25, 0.3) is 0 Å². The third-order valence-electron chi connectivity index (χ3n) is 4.10. The molecule has 0 saturated carbocycles. The van der Waals surface area contributed by atoms with Gasteiger partial charge in [0.15, 0.2) is 5.96 Å². The Morgan fingerprint density at radius 3 is 2.67 bits per heavy atom. The Morgan fingerprint density at radius 1 is 1.25 bits per heavy atom.